The molecule has 3 aliphatic heterocycles. The van der Waals surface area contributed by atoms with Crippen LogP contribution in [-0.2, 0) is 16.8 Å². The van der Waals surface area contributed by atoms with Crippen LogP contribution in [0.2, 0.25) is 0 Å². The summed E-state index contributed by atoms with van der Waals surface area (Å²) in [5, 5.41) is 13.2. The fourth-order valence-electron chi connectivity index (χ4n) is 5.72. The summed E-state index contributed by atoms with van der Waals surface area (Å²) in [7, 11) is 1.46. The number of carbonyl (C=O) groups is 2. The van der Waals surface area contributed by atoms with Gasteiger partial charge in [0.2, 0.25) is 5.43 Å². The molecule has 2 amide bonds. The average molecular weight is 473 g/mol. The van der Waals surface area contributed by atoms with Crippen LogP contribution in [0.5, 0.6) is 5.75 Å². The lowest BCUT2D eigenvalue weighted by atomic mass is 9.88. The van der Waals surface area contributed by atoms with Crippen LogP contribution < -0.4 is 10.7 Å². The number of rotatable bonds is 4. The van der Waals surface area contributed by atoms with Crippen LogP contribution in [0, 0.1) is 18.6 Å². The minimum atomic E-state index is -1.00. The highest BCUT2D eigenvalue weighted by Crippen LogP contribution is 2.50. The number of hydrogen-bond donors (Lipinski definition) is 2. The molecule has 1 spiro atoms. The van der Waals surface area contributed by atoms with Crippen molar-refractivity contribution in [3.05, 3.63) is 62.1 Å². The number of methoxy groups -OCH3 is 1. The molecule has 2 aromatic rings. The molecule has 1 aromatic carbocycles. The molecule has 5 rings (SSSR count). The highest BCUT2D eigenvalue weighted by Gasteiger charge is 2.54. The Hall–Kier alpha value is -3.27. The predicted molar refractivity (Wildman–Crippen MR) is 117 cm³/mol. The van der Waals surface area contributed by atoms with Crippen molar-refractivity contribution in [3.63, 3.8) is 0 Å². The van der Waals surface area contributed by atoms with Crippen molar-refractivity contribution in [2.24, 2.45) is 0 Å². The van der Waals surface area contributed by atoms with Crippen LogP contribution in [-0.4, -0.2) is 46.6 Å². The zero-order valence-corrected chi connectivity index (χ0v) is 18.9. The van der Waals surface area contributed by atoms with E-state index in [4.69, 9.17) is 4.74 Å². The second-order valence-corrected chi connectivity index (χ2v) is 9.35. The Balaban J connectivity index is 1.63. The van der Waals surface area contributed by atoms with Crippen molar-refractivity contribution in [2.75, 3.05) is 20.2 Å². The van der Waals surface area contributed by atoms with Gasteiger partial charge in [-0.15, -0.1) is 0 Å². The molecule has 0 aliphatic carbocycles. The maximum Gasteiger partial charge on any atom is 0.274 e. The lowest BCUT2D eigenvalue weighted by Gasteiger charge is -2.41. The summed E-state index contributed by atoms with van der Waals surface area (Å²) in [5.74, 6) is -3.77. The summed E-state index contributed by atoms with van der Waals surface area (Å²) in [6, 6.07) is 2.30. The Morgan fingerprint density at radius 2 is 1.97 bits per heavy atom. The van der Waals surface area contributed by atoms with Gasteiger partial charge in [0.05, 0.1) is 11.2 Å². The molecule has 0 unspecified atom stereocenters. The van der Waals surface area contributed by atoms with E-state index in [0.29, 0.717) is 31.5 Å². The molecule has 1 saturated heterocycles. The van der Waals surface area contributed by atoms with Crippen molar-refractivity contribution in [1.82, 2.24) is 14.8 Å². The van der Waals surface area contributed by atoms with Crippen molar-refractivity contribution >= 4 is 11.8 Å². The Labute approximate surface area is 194 Å². The smallest absolute Gasteiger partial charge is 0.274 e. The van der Waals surface area contributed by atoms with Gasteiger partial charge in [-0.3, -0.25) is 14.4 Å². The van der Waals surface area contributed by atoms with Gasteiger partial charge in [-0.1, -0.05) is 0 Å². The van der Waals surface area contributed by atoms with Gasteiger partial charge in [0.25, 0.3) is 11.8 Å². The third-order valence-corrected chi connectivity index (χ3v) is 7.25. The Morgan fingerprint density at radius 1 is 1.26 bits per heavy atom. The standard InChI is InChI=1S/C24H25F2N3O5/c1-12-7-14(25)13(15(26)8-12)10-27-22(32)17-18-16(34-2)9-24-5-3-4-6-28(11-24)23(33)19(29(18)24)21(31)20(17)30/h7-8,16,31H,3-6,9-11H2,1-2H3,(H,27,32)/t16-,24-/m1/s1. The van der Waals surface area contributed by atoms with Gasteiger partial charge in [-0.25, -0.2) is 8.78 Å². The highest BCUT2D eigenvalue weighted by atomic mass is 19.1. The third kappa shape index (κ3) is 3.15. The number of aromatic hydroxyl groups is 1. The predicted octanol–water partition coefficient (Wildman–Crippen LogP) is 2.50. The number of aryl methyl sites for hydroxylation is 1. The minimum absolute atomic E-state index is 0.125. The first-order chi connectivity index (χ1) is 16.2. The van der Waals surface area contributed by atoms with Crippen LogP contribution in [0.3, 0.4) is 0 Å². The van der Waals surface area contributed by atoms with E-state index in [1.807, 2.05) is 0 Å². The number of nitrogens with zero attached hydrogens (tertiary/aromatic N) is 2. The van der Waals surface area contributed by atoms with E-state index < -0.39 is 52.8 Å². The van der Waals surface area contributed by atoms with E-state index in [0.717, 1.165) is 25.0 Å². The van der Waals surface area contributed by atoms with Gasteiger partial charge in [0.1, 0.15) is 23.3 Å². The second-order valence-electron chi connectivity index (χ2n) is 9.35. The number of nitrogens with one attached hydrogen (secondary N) is 1. The zero-order chi connectivity index (χ0) is 24.4. The molecule has 34 heavy (non-hydrogen) atoms. The molecule has 0 saturated carbocycles. The number of benzene rings is 1. The number of ether oxygens (including phenoxy) is 1. The number of fused-ring (bicyclic) bond motifs is 1. The van der Waals surface area contributed by atoms with Gasteiger partial charge in [0, 0.05) is 38.7 Å². The topological polar surface area (TPSA) is 101 Å². The second kappa shape index (κ2) is 7.90. The summed E-state index contributed by atoms with van der Waals surface area (Å²) in [6.45, 7) is 1.98. The quantitative estimate of drug-likeness (QED) is 0.711. The lowest BCUT2D eigenvalue weighted by Crippen LogP contribution is -2.52. The monoisotopic (exact) mass is 473 g/mol. The van der Waals surface area contributed by atoms with E-state index in [-0.39, 0.29) is 22.5 Å². The molecular formula is C24H25F2N3O5. The van der Waals surface area contributed by atoms with E-state index in [1.165, 1.54) is 7.11 Å². The fourth-order valence-corrected chi connectivity index (χ4v) is 5.72. The van der Waals surface area contributed by atoms with Gasteiger partial charge in [-0.05, 0) is 43.9 Å². The normalized spacial score (nSPS) is 23.0. The molecule has 4 heterocycles. The van der Waals surface area contributed by atoms with Crippen molar-refractivity contribution in [2.45, 2.75) is 50.8 Å². The number of amides is 2. The van der Waals surface area contributed by atoms with E-state index in [1.54, 1.807) is 16.4 Å². The highest BCUT2D eigenvalue weighted by molar-refractivity contribution is 6.00. The molecule has 2 N–H and O–H groups in total. The van der Waals surface area contributed by atoms with Crippen LogP contribution in [0.15, 0.2) is 16.9 Å². The maximum absolute atomic E-state index is 14.3. The number of carbonyl (C=O) groups excluding carboxylic acids is 2. The van der Waals surface area contributed by atoms with E-state index in [9.17, 15) is 28.3 Å². The number of aromatic nitrogens is 1. The first-order valence-corrected chi connectivity index (χ1v) is 11.3. The molecule has 180 valence electrons. The number of hydrogen-bond acceptors (Lipinski definition) is 5. The van der Waals surface area contributed by atoms with Gasteiger partial charge < -0.3 is 24.6 Å². The van der Waals surface area contributed by atoms with E-state index >= 15 is 0 Å². The summed E-state index contributed by atoms with van der Waals surface area (Å²) in [6.07, 6.45) is 2.09. The van der Waals surface area contributed by atoms with E-state index in [2.05, 4.69) is 5.32 Å². The summed E-state index contributed by atoms with van der Waals surface area (Å²) >= 11 is 0. The first kappa shape index (κ1) is 22.5. The summed E-state index contributed by atoms with van der Waals surface area (Å²) in [4.78, 5) is 41.2. The van der Waals surface area contributed by atoms with Gasteiger partial charge in [-0.2, -0.15) is 0 Å². The van der Waals surface area contributed by atoms with Gasteiger partial charge >= 0.3 is 0 Å². The average Bonchev–Trinajstić information content (AvgIpc) is 2.96. The molecule has 2 bridgehead atoms. The van der Waals surface area contributed by atoms with Crippen LogP contribution >= 0.6 is 0 Å². The first-order valence-electron chi connectivity index (χ1n) is 11.3. The minimum Gasteiger partial charge on any atom is -0.503 e. The zero-order valence-electron chi connectivity index (χ0n) is 18.9. The molecule has 2 atom stereocenters. The van der Waals surface area contributed by atoms with Crippen LogP contribution in [0.25, 0.3) is 0 Å². The molecule has 1 aromatic heterocycles. The Bertz CT molecular complexity index is 1270. The maximum atomic E-state index is 14.3. The summed E-state index contributed by atoms with van der Waals surface area (Å²) in [5.41, 5.74) is -1.83. The molecule has 0 radical (unpaired) electrons. The lowest BCUT2D eigenvalue weighted by molar-refractivity contribution is 0.0497. The van der Waals surface area contributed by atoms with Crippen molar-refractivity contribution in [3.8, 4) is 5.75 Å². The van der Waals surface area contributed by atoms with Crippen LogP contribution in [0.4, 0.5) is 8.78 Å². The van der Waals surface area contributed by atoms with Gasteiger partial charge in [0.15, 0.2) is 11.4 Å². The molecular weight excluding hydrogens is 448 g/mol. The van der Waals surface area contributed by atoms with Crippen molar-refractivity contribution in [1.29, 1.82) is 0 Å². The molecule has 10 heteroatoms. The molecule has 3 aliphatic rings. The largest absolute Gasteiger partial charge is 0.503 e. The summed E-state index contributed by atoms with van der Waals surface area (Å²) < 4.78 is 35.8. The number of halogens is 2. The van der Waals surface area contributed by atoms with Crippen molar-refractivity contribution < 1.29 is 28.2 Å². The Morgan fingerprint density at radius 3 is 2.65 bits per heavy atom. The Kier molecular flexibility index (Phi) is 5.23. The molecule has 8 nitrogen and oxygen atoms in total. The third-order valence-electron chi connectivity index (χ3n) is 7.25. The fraction of sp³-hybridized carbons (Fsp3) is 0.458. The van der Waals surface area contributed by atoms with Crippen LogP contribution in [0.1, 0.15) is 69.5 Å². The number of pyridine rings is 1. The SMILES string of the molecule is CO[C@@H]1C[C@]23CCCCN(C2)C(=O)c2c(O)c(=O)c(C(=O)NCc4c(F)cc(C)cc4F)c1n23. The molecule has 1 fully saturated rings.